The Kier molecular flexibility index (Phi) is 5.81. The van der Waals surface area contributed by atoms with Crippen molar-refractivity contribution < 1.29 is 22.8 Å². The van der Waals surface area contributed by atoms with Crippen molar-refractivity contribution in [2.24, 2.45) is 0 Å². The van der Waals surface area contributed by atoms with Gasteiger partial charge in [0.25, 0.3) is 5.91 Å². The molecule has 0 bridgehead atoms. The van der Waals surface area contributed by atoms with Crippen molar-refractivity contribution in [3.05, 3.63) is 84.6 Å². The van der Waals surface area contributed by atoms with Gasteiger partial charge < -0.3 is 19.1 Å². The maximum Gasteiger partial charge on any atom is 0.255 e. The molecule has 202 valence electrons. The zero-order chi connectivity index (χ0) is 28.1. The molecule has 1 N–H and O–H groups in total. The highest BCUT2D eigenvalue weighted by molar-refractivity contribution is 6.13. The Morgan fingerprint density at radius 3 is 2.59 bits per heavy atom. The van der Waals surface area contributed by atoms with Crippen LogP contribution in [0.2, 0.25) is 0 Å². The van der Waals surface area contributed by atoms with Gasteiger partial charge in [-0.05, 0) is 55.0 Å². The summed E-state index contributed by atoms with van der Waals surface area (Å²) in [7, 11) is 1.54. The van der Waals surface area contributed by atoms with Crippen LogP contribution in [-0.4, -0.2) is 40.4 Å². The van der Waals surface area contributed by atoms with E-state index in [1.165, 1.54) is 19.2 Å². The first-order chi connectivity index (χ1) is 20.0. The van der Waals surface area contributed by atoms with E-state index >= 15 is 0 Å². The summed E-state index contributed by atoms with van der Waals surface area (Å²) in [5, 5.41) is 3.23. The van der Waals surface area contributed by atoms with Gasteiger partial charge in [-0.15, -0.1) is 0 Å². The van der Waals surface area contributed by atoms with Crippen molar-refractivity contribution >= 4 is 39.7 Å². The molecular weight excluding hydrogens is 525 g/mol. The predicted molar refractivity (Wildman–Crippen MR) is 151 cm³/mol. The highest BCUT2D eigenvalue weighted by Gasteiger charge is 2.29. The summed E-state index contributed by atoms with van der Waals surface area (Å²) in [4.78, 5) is 41.0. The van der Waals surface area contributed by atoms with Crippen LogP contribution in [0.15, 0.2) is 82.0 Å². The molecule has 2 aromatic carbocycles. The zero-order valence-corrected chi connectivity index (χ0v) is 21.8. The van der Waals surface area contributed by atoms with Gasteiger partial charge in [-0.25, -0.2) is 9.37 Å². The number of hydrogen-bond acceptors (Lipinski definition) is 7. The zero-order valence-electron chi connectivity index (χ0n) is 21.8. The van der Waals surface area contributed by atoms with Gasteiger partial charge in [0.05, 0.1) is 16.8 Å². The van der Waals surface area contributed by atoms with E-state index in [9.17, 15) is 14.0 Å². The minimum absolute atomic E-state index is 0.00317. The number of fused-ring (bicyclic) bond motifs is 2. The van der Waals surface area contributed by atoms with Gasteiger partial charge in [0.1, 0.15) is 17.2 Å². The molecule has 0 aliphatic carbocycles. The summed E-state index contributed by atoms with van der Waals surface area (Å²) >= 11 is 0. The quantitative estimate of drug-likeness (QED) is 0.282. The molecule has 5 heterocycles. The van der Waals surface area contributed by atoms with Crippen LogP contribution in [0.3, 0.4) is 0 Å². The molecule has 0 spiro atoms. The minimum atomic E-state index is -0.398. The number of nitrogens with one attached hydrogen (secondary N) is 1. The van der Waals surface area contributed by atoms with Crippen molar-refractivity contribution in [1.29, 1.82) is 0 Å². The number of benzene rings is 2. The lowest BCUT2D eigenvalue weighted by atomic mass is 9.98. The molecule has 4 aromatic heterocycles. The van der Waals surface area contributed by atoms with Gasteiger partial charge in [-0.1, -0.05) is 0 Å². The molecule has 0 saturated carbocycles. The normalized spacial score (nSPS) is 13.4. The molecule has 0 radical (unpaired) electrons. The number of aromatic nitrogens is 3. The van der Waals surface area contributed by atoms with E-state index in [1.807, 2.05) is 12.1 Å². The average Bonchev–Trinajstić information content (AvgIpc) is 3.73. The van der Waals surface area contributed by atoms with Crippen molar-refractivity contribution in [3.63, 3.8) is 0 Å². The Morgan fingerprint density at radius 1 is 1.00 bits per heavy atom. The van der Waals surface area contributed by atoms with Crippen LogP contribution < -0.4 is 10.2 Å². The molecule has 41 heavy (non-hydrogen) atoms. The van der Waals surface area contributed by atoms with Crippen LogP contribution >= 0.6 is 0 Å². The predicted octanol–water partition coefficient (Wildman–Crippen LogP) is 5.99. The van der Waals surface area contributed by atoms with E-state index in [1.54, 1.807) is 53.8 Å². The molecule has 0 unspecified atom stereocenters. The van der Waals surface area contributed by atoms with Crippen LogP contribution in [0, 0.1) is 5.82 Å². The number of anilines is 1. The molecule has 10 heteroatoms. The van der Waals surface area contributed by atoms with E-state index in [0.717, 1.165) is 6.42 Å². The van der Waals surface area contributed by atoms with Gasteiger partial charge in [-0.2, -0.15) is 4.98 Å². The standard InChI is InChI=1S/C31H22FN5O4/c1-33-30(39)27-22-13-21(18-12-19(16-34-15-18)31-36-29-24(41-31)4-2-10-35-29)23(37-11-3-5-26(37)38)14-25(22)40-28(27)17-6-8-20(32)9-7-17/h2,4,6-10,12-16H,3,5,11H2,1H3,(H,33,39). The number of furan rings is 1. The van der Waals surface area contributed by atoms with Gasteiger partial charge >= 0.3 is 0 Å². The Hall–Kier alpha value is -5.38. The van der Waals surface area contributed by atoms with Crippen LogP contribution in [0.5, 0.6) is 0 Å². The second-order valence-corrected chi connectivity index (χ2v) is 9.71. The lowest BCUT2D eigenvalue weighted by Crippen LogP contribution is -2.24. The van der Waals surface area contributed by atoms with Gasteiger partial charge in [0.15, 0.2) is 11.2 Å². The molecule has 7 rings (SSSR count). The first kappa shape index (κ1) is 24.6. The smallest absolute Gasteiger partial charge is 0.255 e. The van der Waals surface area contributed by atoms with Crippen molar-refractivity contribution in [3.8, 4) is 33.9 Å². The minimum Gasteiger partial charge on any atom is -0.455 e. The molecule has 1 saturated heterocycles. The van der Waals surface area contributed by atoms with E-state index in [0.29, 0.717) is 80.3 Å². The molecule has 6 aromatic rings. The number of nitrogens with zero attached hydrogens (tertiary/aromatic N) is 4. The van der Waals surface area contributed by atoms with Crippen LogP contribution in [0.1, 0.15) is 23.2 Å². The lowest BCUT2D eigenvalue weighted by Gasteiger charge is -2.20. The van der Waals surface area contributed by atoms with Crippen LogP contribution in [0.25, 0.3) is 56.1 Å². The number of amides is 2. The van der Waals surface area contributed by atoms with E-state index < -0.39 is 5.82 Å². The fourth-order valence-corrected chi connectivity index (χ4v) is 5.24. The summed E-state index contributed by atoms with van der Waals surface area (Å²) in [5.74, 6) is -0.0889. The second-order valence-electron chi connectivity index (χ2n) is 9.71. The number of rotatable bonds is 5. The largest absolute Gasteiger partial charge is 0.455 e. The highest BCUT2D eigenvalue weighted by Crippen LogP contribution is 2.42. The number of halogens is 1. The molecule has 1 fully saturated rings. The first-order valence-electron chi connectivity index (χ1n) is 13.1. The second kappa shape index (κ2) is 9.67. The Labute approximate surface area is 232 Å². The van der Waals surface area contributed by atoms with Crippen molar-refractivity contribution in [1.82, 2.24) is 20.3 Å². The number of carbonyl (C=O) groups excluding carboxylic acids is 2. The third-order valence-corrected chi connectivity index (χ3v) is 7.19. The van der Waals surface area contributed by atoms with Gasteiger partial charge in [0, 0.05) is 66.7 Å². The summed E-state index contributed by atoms with van der Waals surface area (Å²) < 4.78 is 25.8. The molecule has 1 aliphatic rings. The van der Waals surface area contributed by atoms with E-state index in [4.69, 9.17) is 8.83 Å². The third-order valence-electron chi connectivity index (χ3n) is 7.19. The summed E-state index contributed by atoms with van der Waals surface area (Å²) in [5.41, 5.74) is 4.98. The molecular formula is C31H22FN5O4. The average molecular weight is 548 g/mol. The summed E-state index contributed by atoms with van der Waals surface area (Å²) in [6, 6.07) is 14.8. The highest BCUT2D eigenvalue weighted by atomic mass is 19.1. The maximum absolute atomic E-state index is 13.7. The van der Waals surface area contributed by atoms with Crippen LogP contribution in [-0.2, 0) is 4.79 Å². The Bertz CT molecular complexity index is 1950. The summed E-state index contributed by atoms with van der Waals surface area (Å²) in [6.07, 6.45) is 6.15. The number of carbonyl (C=O) groups is 2. The molecule has 9 nitrogen and oxygen atoms in total. The van der Waals surface area contributed by atoms with E-state index in [2.05, 4.69) is 20.3 Å². The number of hydrogen-bond donors (Lipinski definition) is 1. The lowest BCUT2D eigenvalue weighted by molar-refractivity contribution is -0.117. The third kappa shape index (κ3) is 4.20. The Balaban J connectivity index is 1.45. The fraction of sp³-hybridized carbons (Fsp3) is 0.129. The van der Waals surface area contributed by atoms with Gasteiger partial charge in [0.2, 0.25) is 11.8 Å². The van der Waals surface area contributed by atoms with E-state index in [-0.39, 0.29) is 11.8 Å². The van der Waals surface area contributed by atoms with Crippen LogP contribution in [0.4, 0.5) is 10.1 Å². The maximum atomic E-state index is 13.7. The molecule has 2 amide bonds. The number of oxazole rings is 1. The molecule has 0 atom stereocenters. The molecule has 1 aliphatic heterocycles. The van der Waals surface area contributed by atoms with Crippen molar-refractivity contribution in [2.75, 3.05) is 18.5 Å². The van der Waals surface area contributed by atoms with Gasteiger partial charge in [-0.3, -0.25) is 14.6 Å². The monoisotopic (exact) mass is 547 g/mol. The number of pyridine rings is 2. The fourth-order valence-electron chi connectivity index (χ4n) is 5.24. The topological polar surface area (TPSA) is 114 Å². The first-order valence-corrected chi connectivity index (χ1v) is 13.1. The SMILES string of the molecule is CNC(=O)c1c(-c2ccc(F)cc2)oc2cc(N3CCCC3=O)c(-c3cncc(-c4nc5ncccc5o4)c3)cc12. The Morgan fingerprint density at radius 2 is 1.83 bits per heavy atom. The van der Waals surface area contributed by atoms with Crippen molar-refractivity contribution in [2.45, 2.75) is 12.8 Å². The summed E-state index contributed by atoms with van der Waals surface area (Å²) in [6.45, 7) is 0.551.